The lowest BCUT2D eigenvalue weighted by Gasteiger charge is -2.28. The highest BCUT2D eigenvalue weighted by molar-refractivity contribution is 7.52. The van der Waals surface area contributed by atoms with Gasteiger partial charge in [-0.25, -0.2) is 9.13 Å². The van der Waals surface area contributed by atoms with Gasteiger partial charge in [-0.1, -0.05) is 133 Å². The van der Waals surface area contributed by atoms with Gasteiger partial charge in [0.15, 0.2) is 36.2 Å². The SMILES string of the molecule is CC(NP(=O)(OCC1O[C@@H]([NH+]2C=CCC(C(N)=O)=C2)[C@@H]2OC(C)(C)O[C@H]12)Oc1cccc2ccccc12)C(=O)OCc1ccccc1.CC(NP(=O)(OCC1O[C@@H]([n+]2cccc(C(N)=O)c2)[C@@H]2OC(C)(C)O[C@H]12)Oc1cccc2ccccc12)C(=O)OCc1ccccc1.CO. The maximum Gasteiger partial charge on any atom is 0.459 e. The van der Waals surface area contributed by atoms with Gasteiger partial charge in [0.25, 0.3) is 12.1 Å². The highest BCUT2D eigenvalue weighted by Crippen LogP contribution is 2.51. The molecule has 0 aliphatic carbocycles. The molecule has 25 nitrogen and oxygen atoms in total. The standard InChI is InChI=1S/C34H38N3O9P.C34H36N3O9P.CH4O/c2*1-22(33(39)41-20-23-11-5-4-6-12-23)36-47(40,46-27-17-9-14-24-13-7-8-16-26(24)27)42-21-28-29-30(45-34(2,3)44-29)32(43-28)37-18-10-15-25(19-37)31(35)38;1-2/h4-14,16-19,22,28-30,32H,15,20-21H2,1-3H3,(H2,35,38)(H,36,40);4-19,22,28-30,32H,20-21H2,1-3H3,(H2-,35,36,38,40);2H,1H3/p+2/t2*22?,28?,29-,30-,32-,47?;/m11./s1. The zero-order valence-electron chi connectivity index (χ0n) is 54.0. The van der Waals surface area contributed by atoms with Crippen molar-refractivity contribution in [3.63, 3.8) is 0 Å². The first kappa shape index (κ1) is 70.7. The average molecular weight is 1360 g/mol. The number of aromatic nitrogens is 1. The fourth-order valence-electron chi connectivity index (χ4n) is 11.5. The summed E-state index contributed by atoms with van der Waals surface area (Å²) in [5.74, 6) is -3.66. The van der Waals surface area contributed by atoms with Crippen molar-refractivity contribution >= 4 is 60.8 Å². The van der Waals surface area contributed by atoms with Gasteiger partial charge in [0.1, 0.15) is 73.0 Å². The molecule has 1 aromatic heterocycles. The molecular weight excluding hydrogens is 1280 g/mol. The quantitative estimate of drug-likeness (QED) is 0.0192. The molecule has 6 heterocycles. The van der Waals surface area contributed by atoms with Crippen LogP contribution in [-0.4, -0.2) is 116 Å². The monoisotopic (exact) mass is 1360 g/mol. The molecule has 7 aromatic rings. The minimum absolute atomic E-state index is 0.0448. The number of allylic oxidation sites excluding steroid dienone is 1. The lowest BCUT2D eigenvalue weighted by Crippen LogP contribution is -3.09. The Bertz CT molecular complexity index is 4040. The van der Waals surface area contributed by atoms with E-state index in [4.69, 9.17) is 72.6 Å². The molecule has 13 atom stereocenters. The van der Waals surface area contributed by atoms with Crippen LogP contribution in [0.15, 0.2) is 194 Å². The topological polar surface area (TPSA) is 318 Å². The van der Waals surface area contributed by atoms with E-state index in [1.165, 1.54) is 13.8 Å². The van der Waals surface area contributed by atoms with Crippen LogP contribution in [0.2, 0.25) is 0 Å². The lowest BCUT2D eigenvalue weighted by atomic mass is 10.1. The number of esters is 2. The first-order chi connectivity index (χ1) is 46.0. The molecule has 5 aliphatic heterocycles. The van der Waals surface area contributed by atoms with Crippen LogP contribution in [0, 0.1) is 0 Å². The summed E-state index contributed by atoms with van der Waals surface area (Å²) in [6.07, 6.45) is 3.93. The van der Waals surface area contributed by atoms with Crippen LogP contribution in [0.1, 0.15) is 75.7 Å². The number of rotatable bonds is 24. The van der Waals surface area contributed by atoms with Gasteiger partial charge in [-0.15, -0.1) is 0 Å². The maximum absolute atomic E-state index is 14.5. The van der Waals surface area contributed by atoms with Gasteiger partial charge in [0, 0.05) is 30.4 Å². The molecule has 0 bridgehead atoms. The van der Waals surface area contributed by atoms with Crippen molar-refractivity contribution in [1.82, 2.24) is 10.2 Å². The molecule has 27 heteroatoms. The number of fused-ring (bicyclic) bond motifs is 4. The van der Waals surface area contributed by atoms with E-state index in [2.05, 4.69) is 10.2 Å². The summed E-state index contributed by atoms with van der Waals surface area (Å²) in [5.41, 5.74) is 13.4. The molecule has 4 saturated heterocycles. The number of nitrogens with zero attached hydrogens (tertiary/aromatic N) is 1. The third-order valence-electron chi connectivity index (χ3n) is 15.9. The minimum Gasteiger partial charge on any atom is -0.460 e. The summed E-state index contributed by atoms with van der Waals surface area (Å²) in [6.45, 7) is 9.81. The number of nitrogens with two attached hydrogens (primary N) is 2. The summed E-state index contributed by atoms with van der Waals surface area (Å²) in [6, 6.07) is 45.3. The fraction of sp³-hybridized carbons (Fsp3) is 0.348. The number of hydrogen-bond donors (Lipinski definition) is 6. The van der Waals surface area contributed by atoms with Crippen LogP contribution >= 0.6 is 15.5 Å². The third kappa shape index (κ3) is 17.5. The van der Waals surface area contributed by atoms with E-state index >= 15 is 0 Å². The summed E-state index contributed by atoms with van der Waals surface area (Å²) in [5, 5.41) is 15.7. The van der Waals surface area contributed by atoms with Gasteiger partial charge >= 0.3 is 27.4 Å². The molecule has 0 saturated carbocycles. The molecule has 4 fully saturated rings. The number of primary amides is 2. The Balaban J connectivity index is 0.000000204. The summed E-state index contributed by atoms with van der Waals surface area (Å²) < 4.78 is 104. The Morgan fingerprint density at radius 2 is 1.05 bits per heavy atom. The van der Waals surface area contributed by atoms with E-state index < -0.39 is 112 Å². The molecule has 96 heavy (non-hydrogen) atoms. The maximum atomic E-state index is 14.5. The molecule has 5 aliphatic rings. The predicted molar refractivity (Wildman–Crippen MR) is 349 cm³/mol. The largest absolute Gasteiger partial charge is 0.460 e. The van der Waals surface area contributed by atoms with E-state index in [1.807, 2.05) is 134 Å². The van der Waals surface area contributed by atoms with Crippen molar-refractivity contribution < 1.29 is 98.9 Å². The van der Waals surface area contributed by atoms with Gasteiger partial charge < -0.3 is 63.5 Å². The second-order valence-corrected chi connectivity index (χ2v) is 27.3. The van der Waals surface area contributed by atoms with E-state index in [1.54, 1.807) is 87.3 Å². The van der Waals surface area contributed by atoms with Crippen molar-refractivity contribution in [3.05, 3.63) is 211 Å². The van der Waals surface area contributed by atoms with Crippen molar-refractivity contribution in [2.75, 3.05) is 20.3 Å². The normalized spacial score (nSPS) is 24.6. The number of aliphatic hydroxyl groups is 1. The number of amides is 2. The molecule has 8 N–H and O–H groups in total. The Morgan fingerprint density at radius 3 is 1.56 bits per heavy atom. The summed E-state index contributed by atoms with van der Waals surface area (Å²) in [4.78, 5) is 50.5. The van der Waals surface area contributed by atoms with Crippen molar-refractivity contribution in [2.45, 2.75) is 134 Å². The highest BCUT2D eigenvalue weighted by atomic mass is 31.2. The highest BCUT2D eigenvalue weighted by Gasteiger charge is 2.61. The second-order valence-electron chi connectivity index (χ2n) is 23.9. The van der Waals surface area contributed by atoms with E-state index in [-0.39, 0.29) is 32.0 Å². The number of carbonyl (C=O) groups is 4. The Hall–Kier alpha value is -8.07. The Labute approximate surface area is 555 Å². The zero-order valence-corrected chi connectivity index (χ0v) is 55.8. The number of ether oxygens (including phenoxy) is 8. The van der Waals surface area contributed by atoms with Crippen LogP contribution in [0.25, 0.3) is 21.5 Å². The van der Waals surface area contributed by atoms with Crippen LogP contribution in [0.5, 0.6) is 11.5 Å². The lowest BCUT2D eigenvalue weighted by molar-refractivity contribution is -0.853. The fourth-order valence-corrected chi connectivity index (χ4v) is 14.6. The Morgan fingerprint density at radius 1 is 0.594 bits per heavy atom. The number of carbonyl (C=O) groups excluding carboxylic acids is 4. The van der Waals surface area contributed by atoms with E-state index in [0.717, 1.165) is 29.0 Å². The molecule has 6 aromatic carbocycles. The third-order valence-corrected chi connectivity index (χ3v) is 19.2. The molecule has 508 valence electrons. The van der Waals surface area contributed by atoms with Crippen LogP contribution in [-0.2, 0) is 83.7 Å². The average Bonchev–Trinajstić information content (AvgIpc) is 1.55. The molecule has 0 radical (unpaired) electrons. The first-order valence-corrected chi connectivity index (χ1v) is 34.2. The second kappa shape index (κ2) is 31.0. The zero-order chi connectivity index (χ0) is 68.4. The van der Waals surface area contributed by atoms with Crippen molar-refractivity contribution in [3.8, 4) is 11.5 Å². The molecule has 7 unspecified atom stereocenters. The first-order valence-electron chi connectivity index (χ1n) is 31.1. The van der Waals surface area contributed by atoms with Gasteiger partial charge in [-0.3, -0.25) is 33.1 Å². The van der Waals surface area contributed by atoms with Gasteiger partial charge in [-0.05, 0) is 87.7 Å². The van der Waals surface area contributed by atoms with Crippen LogP contribution in [0.4, 0.5) is 0 Å². The molecule has 12 rings (SSSR count). The number of benzene rings is 6. The summed E-state index contributed by atoms with van der Waals surface area (Å²) >= 11 is 0. The number of aliphatic hydroxyl groups excluding tert-OH is 1. The number of quaternary nitrogens is 1. The van der Waals surface area contributed by atoms with Crippen molar-refractivity contribution in [1.29, 1.82) is 0 Å². The number of pyridine rings is 1. The minimum atomic E-state index is -4.28. The smallest absolute Gasteiger partial charge is 0.459 e. The van der Waals surface area contributed by atoms with E-state index in [9.17, 15) is 28.3 Å². The molecule has 2 amide bonds. The van der Waals surface area contributed by atoms with Crippen molar-refractivity contribution in [2.24, 2.45) is 11.5 Å². The molecule has 0 spiro atoms. The van der Waals surface area contributed by atoms with Gasteiger partial charge in [-0.2, -0.15) is 14.7 Å². The Kier molecular flexibility index (Phi) is 22.8. The van der Waals surface area contributed by atoms with Gasteiger partial charge in [0.2, 0.25) is 12.1 Å². The summed E-state index contributed by atoms with van der Waals surface area (Å²) in [7, 11) is -7.55. The number of nitrogens with one attached hydrogen (secondary N) is 3. The number of hydrogen-bond acceptors (Lipinski definition) is 19. The van der Waals surface area contributed by atoms with Gasteiger partial charge in [0.05, 0.1) is 25.0 Å². The van der Waals surface area contributed by atoms with E-state index in [0.29, 0.717) is 39.2 Å². The van der Waals surface area contributed by atoms with Crippen LogP contribution < -0.4 is 40.2 Å². The predicted octanol–water partition coefficient (Wildman–Crippen LogP) is 7.66. The molecular formula is C69H80N6O19P2+2. The van der Waals surface area contributed by atoms with Crippen LogP contribution in [0.3, 0.4) is 0 Å².